The van der Waals surface area contributed by atoms with Crippen molar-refractivity contribution >= 4 is 49.6 Å². The molecule has 1 aliphatic rings. The second kappa shape index (κ2) is 5.42. The first kappa shape index (κ1) is 14.2. The normalized spacial score (nSPS) is 18.9. The average Bonchev–Trinajstić information content (AvgIpc) is 2.56. The topological polar surface area (TPSA) is 66.5 Å². The average molecular weight is 390 g/mol. The minimum Gasteiger partial charge on any atom is -0.340 e. The maximum Gasteiger partial charge on any atom is 0.252 e. The summed E-state index contributed by atoms with van der Waals surface area (Å²) in [6.45, 7) is 0. The molecule has 1 unspecified atom stereocenters. The fraction of sp³-hybridized carbons (Fsp3) is 0.250. The van der Waals surface area contributed by atoms with Gasteiger partial charge in [0.15, 0.2) is 0 Å². The first-order chi connectivity index (χ1) is 8.88. The molecule has 1 aromatic carbocycles. The van der Waals surface area contributed by atoms with Crippen molar-refractivity contribution in [3.05, 3.63) is 32.7 Å². The molecule has 0 radical (unpaired) electrons. The smallest absolute Gasteiger partial charge is 0.252 e. The first-order valence-corrected chi connectivity index (χ1v) is 7.04. The van der Waals surface area contributed by atoms with Gasteiger partial charge in [-0.3, -0.25) is 19.3 Å². The van der Waals surface area contributed by atoms with Gasteiger partial charge in [0.2, 0.25) is 5.91 Å². The number of nitrogens with zero attached hydrogens (tertiary/aromatic N) is 1. The van der Waals surface area contributed by atoms with E-state index in [4.69, 9.17) is 0 Å². The molecular weight excluding hydrogens is 380 g/mol. The number of rotatable bonds is 2. The predicted octanol–water partition coefficient (Wildman–Crippen LogP) is 1.70. The maximum absolute atomic E-state index is 12.0. The Morgan fingerprint density at radius 3 is 2.32 bits per heavy atom. The number of likely N-dealkylation sites (tertiary alicyclic amines) is 1. The molecule has 0 spiro atoms. The van der Waals surface area contributed by atoms with E-state index < -0.39 is 6.04 Å². The highest BCUT2D eigenvalue weighted by atomic mass is 79.9. The van der Waals surface area contributed by atoms with Crippen LogP contribution in [0.4, 0.5) is 0 Å². The number of benzene rings is 1. The van der Waals surface area contributed by atoms with Crippen molar-refractivity contribution in [1.82, 2.24) is 10.2 Å². The van der Waals surface area contributed by atoms with Crippen LogP contribution in [0.3, 0.4) is 0 Å². The molecule has 0 saturated carbocycles. The van der Waals surface area contributed by atoms with Gasteiger partial charge in [-0.05, 0) is 18.2 Å². The molecule has 1 aromatic rings. The van der Waals surface area contributed by atoms with E-state index in [0.717, 1.165) is 13.8 Å². The van der Waals surface area contributed by atoms with Crippen LogP contribution in [-0.2, 0) is 9.59 Å². The van der Waals surface area contributed by atoms with Crippen molar-refractivity contribution in [1.29, 1.82) is 0 Å². The number of hydrogen-bond donors (Lipinski definition) is 1. The van der Waals surface area contributed by atoms with Gasteiger partial charge in [-0.25, -0.2) is 0 Å². The summed E-state index contributed by atoms with van der Waals surface area (Å²) in [5.74, 6) is -1.05. The highest BCUT2D eigenvalue weighted by Crippen LogP contribution is 2.20. The predicted molar refractivity (Wildman–Crippen MR) is 75.5 cm³/mol. The molecule has 2 rings (SSSR count). The standard InChI is InChI=1S/C12H10Br2N2O3/c1-16-10(17)5-9(12(16)19)15-11(18)6-2-7(13)4-8(14)3-6/h2-4,9H,5H2,1H3,(H,15,18). The summed E-state index contributed by atoms with van der Waals surface area (Å²) in [6, 6.07) is 4.31. The molecule has 1 atom stereocenters. The van der Waals surface area contributed by atoms with Crippen LogP contribution in [0.5, 0.6) is 0 Å². The Kier molecular flexibility index (Phi) is 4.05. The number of imide groups is 1. The molecule has 100 valence electrons. The number of likely N-dealkylation sites (N-methyl/N-ethyl adjacent to an activating group) is 1. The largest absolute Gasteiger partial charge is 0.340 e. The van der Waals surface area contributed by atoms with Gasteiger partial charge in [0.25, 0.3) is 11.8 Å². The first-order valence-electron chi connectivity index (χ1n) is 5.46. The molecule has 19 heavy (non-hydrogen) atoms. The van der Waals surface area contributed by atoms with E-state index in [2.05, 4.69) is 37.2 Å². The molecular formula is C12H10Br2N2O3. The van der Waals surface area contributed by atoms with Crippen LogP contribution in [0.2, 0.25) is 0 Å². The molecule has 0 aromatic heterocycles. The summed E-state index contributed by atoms with van der Waals surface area (Å²) in [5, 5.41) is 2.57. The van der Waals surface area contributed by atoms with Gasteiger partial charge in [0.05, 0.1) is 6.42 Å². The quantitative estimate of drug-likeness (QED) is 0.783. The Morgan fingerprint density at radius 1 is 1.26 bits per heavy atom. The van der Waals surface area contributed by atoms with Crippen molar-refractivity contribution < 1.29 is 14.4 Å². The third-order valence-electron chi connectivity index (χ3n) is 2.81. The van der Waals surface area contributed by atoms with E-state index in [1.165, 1.54) is 7.05 Å². The zero-order chi connectivity index (χ0) is 14.2. The van der Waals surface area contributed by atoms with Crippen LogP contribution in [0.1, 0.15) is 16.8 Å². The Labute approximate surface area is 126 Å². The van der Waals surface area contributed by atoms with Crippen molar-refractivity contribution in [2.75, 3.05) is 7.05 Å². The van der Waals surface area contributed by atoms with Gasteiger partial charge in [0.1, 0.15) is 6.04 Å². The van der Waals surface area contributed by atoms with E-state index >= 15 is 0 Å². The maximum atomic E-state index is 12.0. The van der Waals surface area contributed by atoms with E-state index in [9.17, 15) is 14.4 Å². The van der Waals surface area contributed by atoms with Crippen molar-refractivity contribution in [2.45, 2.75) is 12.5 Å². The highest BCUT2D eigenvalue weighted by molar-refractivity contribution is 9.11. The van der Waals surface area contributed by atoms with Crippen LogP contribution in [-0.4, -0.2) is 35.7 Å². The van der Waals surface area contributed by atoms with Crippen LogP contribution in [0.25, 0.3) is 0 Å². The minimum absolute atomic E-state index is 0.0102. The van der Waals surface area contributed by atoms with Gasteiger partial charge >= 0.3 is 0 Å². The molecule has 7 heteroatoms. The SMILES string of the molecule is CN1C(=O)CC(NC(=O)c2cc(Br)cc(Br)c2)C1=O. The lowest BCUT2D eigenvalue weighted by atomic mass is 10.2. The van der Waals surface area contributed by atoms with E-state index in [1.54, 1.807) is 18.2 Å². The third-order valence-corrected chi connectivity index (χ3v) is 3.73. The summed E-state index contributed by atoms with van der Waals surface area (Å²) < 4.78 is 1.50. The fourth-order valence-corrected chi connectivity index (χ4v) is 3.09. The number of carbonyl (C=O) groups is 3. The van der Waals surface area contributed by atoms with Gasteiger partial charge in [-0.2, -0.15) is 0 Å². The number of hydrogen-bond acceptors (Lipinski definition) is 3. The molecule has 0 aliphatic carbocycles. The van der Waals surface area contributed by atoms with Crippen molar-refractivity contribution in [3.63, 3.8) is 0 Å². The van der Waals surface area contributed by atoms with Crippen LogP contribution in [0, 0.1) is 0 Å². The second-order valence-electron chi connectivity index (χ2n) is 4.18. The monoisotopic (exact) mass is 388 g/mol. The van der Waals surface area contributed by atoms with Gasteiger partial charge in [-0.1, -0.05) is 31.9 Å². The van der Waals surface area contributed by atoms with Crippen molar-refractivity contribution in [3.8, 4) is 0 Å². The Bertz CT molecular complexity index is 554. The Balaban J connectivity index is 2.14. The lowest BCUT2D eigenvalue weighted by Gasteiger charge is -2.11. The second-order valence-corrected chi connectivity index (χ2v) is 6.01. The molecule has 1 heterocycles. The van der Waals surface area contributed by atoms with Gasteiger partial charge < -0.3 is 5.32 Å². The lowest BCUT2D eigenvalue weighted by Crippen LogP contribution is -2.40. The molecule has 3 amide bonds. The molecule has 1 aliphatic heterocycles. The van der Waals surface area contributed by atoms with Crippen LogP contribution in [0.15, 0.2) is 27.1 Å². The highest BCUT2D eigenvalue weighted by Gasteiger charge is 2.37. The Hall–Kier alpha value is -1.21. The molecule has 0 bridgehead atoms. The van der Waals surface area contributed by atoms with E-state index in [0.29, 0.717) is 5.56 Å². The summed E-state index contributed by atoms with van der Waals surface area (Å²) in [6.07, 6.45) is 0.0102. The zero-order valence-corrected chi connectivity index (χ0v) is 13.1. The molecule has 1 fully saturated rings. The van der Waals surface area contributed by atoms with Gasteiger partial charge in [0, 0.05) is 21.6 Å². The van der Waals surface area contributed by atoms with Crippen molar-refractivity contribution in [2.24, 2.45) is 0 Å². The number of amides is 3. The summed E-state index contributed by atoms with van der Waals surface area (Å²) in [5.41, 5.74) is 0.413. The lowest BCUT2D eigenvalue weighted by molar-refractivity contribution is -0.137. The number of nitrogens with one attached hydrogen (secondary N) is 1. The zero-order valence-electron chi connectivity index (χ0n) is 9.94. The number of carbonyl (C=O) groups excluding carboxylic acids is 3. The molecule has 1 N–H and O–H groups in total. The Morgan fingerprint density at radius 2 is 1.84 bits per heavy atom. The molecule has 1 saturated heterocycles. The van der Waals surface area contributed by atoms with E-state index in [-0.39, 0.29) is 24.1 Å². The summed E-state index contributed by atoms with van der Waals surface area (Å²) in [4.78, 5) is 36.1. The fourth-order valence-electron chi connectivity index (χ4n) is 1.79. The summed E-state index contributed by atoms with van der Waals surface area (Å²) >= 11 is 6.57. The van der Waals surface area contributed by atoms with Crippen LogP contribution >= 0.6 is 31.9 Å². The van der Waals surface area contributed by atoms with Crippen LogP contribution < -0.4 is 5.32 Å². The van der Waals surface area contributed by atoms with E-state index in [1.807, 2.05) is 0 Å². The number of halogens is 2. The minimum atomic E-state index is -0.775. The molecule has 5 nitrogen and oxygen atoms in total. The summed E-state index contributed by atoms with van der Waals surface area (Å²) in [7, 11) is 1.41. The van der Waals surface area contributed by atoms with Gasteiger partial charge in [-0.15, -0.1) is 0 Å². The third kappa shape index (κ3) is 3.03.